The van der Waals surface area contributed by atoms with Crippen molar-refractivity contribution in [1.29, 1.82) is 0 Å². The first kappa shape index (κ1) is 14.1. The van der Waals surface area contributed by atoms with E-state index in [4.69, 9.17) is 4.74 Å². The number of carbonyl (C=O) groups is 2. The number of hydrogen-bond donors (Lipinski definition) is 2. The standard InChI is InChI=1S/C16H14N2O4/c1-9(19)17-15-13(20)14(21)16(2,22-15)12-8-7-10-5-3-4-6-11(10)18-12/h3-8,20H,1-2H3,(H,17,19). The SMILES string of the molecule is CC(=O)NC1=C(O)C(=O)C(C)(c2ccc3ccccc3n2)O1. The molecule has 0 bridgehead atoms. The molecule has 1 aromatic heterocycles. The number of ketones is 1. The van der Waals surface area contributed by atoms with Crippen LogP contribution in [0.1, 0.15) is 19.5 Å². The van der Waals surface area contributed by atoms with E-state index in [2.05, 4.69) is 10.3 Å². The Morgan fingerprint density at radius 3 is 2.73 bits per heavy atom. The first-order chi connectivity index (χ1) is 10.4. The van der Waals surface area contributed by atoms with E-state index < -0.39 is 23.1 Å². The van der Waals surface area contributed by atoms with Crippen molar-refractivity contribution in [3.63, 3.8) is 0 Å². The number of pyridine rings is 1. The maximum Gasteiger partial charge on any atom is 0.252 e. The molecular formula is C16H14N2O4. The van der Waals surface area contributed by atoms with Crippen molar-refractivity contribution < 1.29 is 19.4 Å². The summed E-state index contributed by atoms with van der Waals surface area (Å²) < 4.78 is 5.50. The fraction of sp³-hybridized carbons (Fsp3) is 0.188. The van der Waals surface area contributed by atoms with Crippen molar-refractivity contribution in [1.82, 2.24) is 10.3 Å². The molecule has 2 aromatic rings. The monoisotopic (exact) mass is 298 g/mol. The van der Waals surface area contributed by atoms with Gasteiger partial charge in [0, 0.05) is 12.3 Å². The topological polar surface area (TPSA) is 88.5 Å². The number of ether oxygens (including phenoxy) is 1. The highest BCUT2D eigenvalue weighted by molar-refractivity contribution is 6.03. The average molecular weight is 298 g/mol. The zero-order valence-corrected chi connectivity index (χ0v) is 12.1. The van der Waals surface area contributed by atoms with Crippen LogP contribution in [0.5, 0.6) is 0 Å². The highest BCUT2D eigenvalue weighted by Gasteiger charge is 2.49. The molecule has 0 aliphatic carbocycles. The number of Topliss-reactive ketones (excluding diaryl/α,β-unsaturated/α-hetero) is 1. The molecule has 112 valence electrons. The summed E-state index contributed by atoms with van der Waals surface area (Å²) >= 11 is 0. The second kappa shape index (κ2) is 4.84. The van der Waals surface area contributed by atoms with Crippen molar-refractivity contribution in [2.24, 2.45) is 0 Å². The summed E-state index contributed by atoms with van der Waals surface area (Å²) in [7, 11) is 0. The van der Waals surface area contributed by atoms with Crippen molar-refractivity contribution in [2.75, 3.05) is 0 Å². The van der Waals surface area contributed by atoms with E-state index in [0.717, 1.165) is 5.39 Å². The summed E-state index contributed by atoms with van der Waals surface area (Å²) in [4.78, 5) is 27.9. The van der Waals surface area contributed by atoms with Gasteiger partial charge in [-0.1, -0.05) is 24.3 Å². The fourth-order valence-electron chi connectivity index (χ4n) is 2.37. The summed E-state index contributed by atoms with van der Waals surface area (Å²) in [5.74, 6) is -1.92. The van der Waals surface area contributed by atoms with Gasteiger partial charge in [-0.05, 0) is 19.1 Å². The minimum atomic E-state index is -1.47. The zero-order chi connectivity index (χ0) is 15.9. The molecule has 6 heteroatoms. The number of carbonyl (C=O) groups excluding carboxylic acids is 2. The minimum absolute atomic E-state index is 0.241. The Balaban J connectivity index is 2.03. The molecule has 22 heavy (non-hydrogen) atoms. The van der Waals surface area contributed by atoms with Crippen LogP contribution in [0.25, 0.3) is 10.9 Å². The molecule has 0 fully saturated rings. The number of amides is 1. The van der Waals surface area contributed by atoms with E-state index in [1.807, 2.05) is 30.3 Å². The molecule has 3 rings (SSSR count). The summed E-state index contributed by atoms with van der Waals surface area (Å²) in [6.07, 6.45) is 0. The average Bonchev–Trinajstić information content (AvgIpc) is 2.71. The van der Waals surface area contributed by atoms with Gasteiger partial charge in [-0.15, -0.1) is 0 Å². The van der Waals surface area contributed by atoms with Gasteiger partial charge in [0.2, 0.25) is 23.2 Å². The Kier molecular flexibility index (Phi) is 3.09. The van der Waals surface area contributed by atoms with Crippen LogP contribution in [0.3, 0.4) is 0 Å². The van der Waals surface area contributed by atoms with E-state index in [-0.39, 0.29) is 5.88 Å². The van der Waals surface area contributed by atoms with Crippen LogP contribution in [0.4, 0.5) is 0 Å². The lowest BCUT2D eigenvalue weighted by atomic mass is 9.95. The van der Waals surface area contributed by atoms with Gasteiger partial charge in [-0.3, -0.25) is 14.9 Å². The number of fused-ring (bicyclic) bond motifs is 1. The van der Waals surface area contributed by atoms with Crippen molar-refractivity contribution in [3.05, 3.63) is 53.7 Å². The van der Waals surface area contributed by atoms with Crippen molar-refractivity contribution in [3.8, 4) is 0 Å². The van der Waals surface area contributed by atoms with Crippen LogP contribution in [-0.2, 0) is 19.9 Å². The molecule has 0 saturated heterocycles. The minimum Gasteiger partial charge on any atom is -0.501 e. The molecular weight excluding hydrogens is 284 g/mol. The molecule has 1 unspecified atom stereocenters. The Morgan fingerprint density at radius 2 is 2.00 bits per heavy atom. The van der Waals surface area contributed by atoms with Gasteiger partial charge in [0.15, 0.2) is 0 Å². The predicted molar refractivity (Wildman–Crippen MR) is 78.7 cm³/mol. The van der Waals surface area contributed by atoms with E-state index in [0.29, 0.717) is 11.2 Å². The molecule has 1 amide bonds. The van der Waals surface area contributed by atoms with Crippen molar-refractivity contribution >= 4 is 22.6 Å². The Labute approximate surface area is 126 Å². The van der Waals surface area contributed by atoms with Crippen LogP contribution in [-0.4, -0.2) is 21.8 Å². The third-order valence-corrected chi connectivity index (χ3v) is 3.55. The van der Waals surface area contributed by atoms with Gasteiger partial charge in [-0.25, -0.2) is 4.98 Å². The summed E-state index contributed by atoms with van der Waals surface area (Å²) in [6, 6.07) is 11.0. The van der Waals surface area contributed by atoms with Crippen molar-refractivity contribution in [2.45, 2.75) is 19.4 Å². The molecule has 1 aliphatic heterocycles. The van der Waals surface area contributed by atoms with E-state index in [9.17, 15) is 14.7 Å². The number of rotatable bonds is 2. The molecule has 0 spiro atoms. The lowest BCUT2D eigenvalue weighted by molar-refractivity contribution is -0.133. The lowest BCUT2D eigenvalue weighted by Gasteiger charge is -2.22. The largest absolute Gasteiger partial charge is 0.501 e. The second-order valence-electron chi connectivity index (χ2n) is 5.21. The summed E-state index contributed by atoms with van der Waals surface area (Å²) in [6.45, 7) is 2.77. The summed E-state index contributed by atoms with van der Waals surface area (Å²) in [5, 5.41) is 13.1. The van der Waals surface area contributed by atoms with E-state index in [1.54, 1.807) is 6.07 Å². The number of hydrogen-bond acceptors (Lipinski definition) is 5. The van der Waals surface area contributed by atoms with Crippen LogP contribution in [0.15, 0.2) is 48.0 Å². The smallest absolute Gasteiger partial charge is 0.252 e. The molecule has 1 atom stereocenters. The van der Waals surface area contributed by atoms with Gasteiger partial charge in [0.25, 0.3) is 5.78 Å². The highest BCUT2D eigenvalue weighted by atomic mass is 16.5. The Bertz CT molecular complexity index is 828. The van der Waals surface area contributed by atoms with Gasteiger partial charge >= 0.3 is 0 Å². The molecule has 0 saturated carbocycles. The molecule has 1 aliphatic rings. The number of para-hydroxylation sites is 1. The van der Waals surface area contributed by atoms with Crippen LogP contribution in [0.2, 0.25) is 0 Å². The van der Waals surface area contributed by atoms with E-state index >= 15 is 0 Å². The maximum atomic E-state index is 12.3. The highest BCUT2D eigenvalue weighted by Crippen LogP contribution is 2.36. The number of aliphatic hydroxyl groups excluding tert-OH is 1. The lowest BCUT2D eigenvalue weighted by Crippen LogP contribution is -2.33. The third-order valence-electron chi connectivity index (χ3n) is 3.55. The molecule has 0 radical (unpaired) electrons. The van der Waals surface area contributed by atoms with Gasteiger partial charge in [-0.2, -0.15) is 0 Å². The normalized spacial score (nSPS) is 21.1. The molecule has 1 aromatic carbocycles. The number of aromatic nitrogens is 1. The molecule has 2 N–H and O–H groups in total. The zero-order valence-electron chi connectivity index (χ0n) is 12.1. The molecule has 2 heterocycles. The van der Waals surface area contributed by atoms with Crippen LogP contribution in [0, 0.1) is 0 Å². The predicted octanol–water partition coefficient (Wildman–Crippen LogP) is 1.91. The van der Waals surface area contributed by atoms with Crippen LogP contribution < -0.4 is 5.32 Å². The molecule has 6 nitrogen and oxygen atoms in total. The van der Waals surface area contributed by atoms with Crippen LogP contribution >= 0.6 is 0 Å². The first-order valence-electron chi connectivity index (χ1n) is 6.73. The number of benzene rings is 1. The van der Waals surface area contributed by atoms with Gasteiger partial charge in [0.1, 0.15) is 0 Å². The number of nitrogens with zero attached hydrogens (tertiary/aromatic N) is 1. The van der Waals surface area contributed by atoms with Gasteiger partial charge < -0.3 is 9.84 Å². The first-order valence-corrected chi connectivity index (χ1v) is 6.73. The second-order valence-corrected chi connectivity index (χ2v) is 5.21. The fourth-order valence-corrected chi connectivity index (χ4v) is 2.37. The third kappa shape index (κ3) is 2.09. The quantitative estimate of drug-likeness (QED) is 0.884. The maximum absolute atomic E-state index is 12.3. The summed E-state index contributed by atoms with van der Waals surface area (Å²) in [5.41, 5.74) is -0.389. The Hall–Kier alpha value is -2.89. The number of aliphatic hydroxyl groups is 1. The van der Waals surface area contributed by atoms with Gasteiger partial charge in [0.05, 0.1) is 11.2 Å². The van der Waals surface area contributed by atoms with E-state index in [1.165, 1.54) is 13.8 Å². The Morgan fingerprint density at radius 1 is 1.27 bits per heavy atom. The number of nitrogens with one attached hydrogen (secondary N) is 1.